The molecule has 10 heavy (non-hydrogen) atoms. The van der Waals surface area contributed by atoms with Gasteiger partial charge in [-0.15, -0.1) is 0 Å². The van der Waals surface area contributed by atoms with E-state index in [1.807, 2.05) is 0 Å². The van der Waals surface area contributed by atoms with Gasteiger partial charge in [-0.3, -0.25) is 4.79 Å². The molecule has 1 saturated carbocycles. The Balaban J connectivity index is 1.95. The van der Waals surface area contributed by atoms with Crippen molar-refractivity contribution in [2.45, 2.75) is 19.3 Å². The molecule has 1 fully saturated rings. The summed E-state index contributed by atoms with van der Waals surface area (Å²) in [6, 6.07) is 0. The first-order chi connectivity index (χ1) is 4.84. The fourth-order valence-corrected chi connectivity index (χ4v) is 0.804. The van der Waals surface area contributed by atoms with Gasteiger partial charge in [0.25, 0.3) is 0 Å². The summed E-state index contributed by atoms with van der Waals surface area (Å²) >= 11 is 0. The minimum Gasteiger partial charge on any atom is -0.356 e. The normalized spacial score (nSPS) is 16.9. The van der Waals surface area contributed by atoms with Gasteiger partial charge in [-0.1, -0.05) is 0 Å². The molecule has 0 aromatic carbocycles. The maximum atomic E-state index is 10.9. The van der Waals surface area contributed by atoms with E-state index in [4.69, 9.17) is 5.73 Å². The van der Waals surface area contributed by atoms with Gasteiger partial charge in [-0.25, -0.2) is 0 Å². The summed E-state index contributed by atoms with van der Waals surface area (Å²) in [5.74, 6) is 0.547. The van der Waals surface area contributed by atoms with Gasteiger partial charge in [0.05, 0.1) is 0 Å². The molecule has 1 aliphatic rings. The number of amides is 1. The maximum absolute atomic E-state index is 10.9. The molecule has 0 bridgehead atoms. The summed E-state index contributed by atoms with van der Waals surface area (Å²) in [4.78, 5) is 10.9. The molecule has 0 atom stereocenters. The van der Waals surface area contributed by atoms with E-state index in [9.17, 15) is 4.79 Å². The second kappa shape index (κ2) is 3.56. The lowest BCUT2D eigenvalue weighted by Gasteiger charge is -2.00. The third-order valence-corrected chi connectivity index (χ3v) is 1.63. The molecule has 3 nitrogen and oxygen atoms in total. The van der Waals surface area contributed by atoms with E-state index in [2.05, 4.69) is 5.32 Å². The van der Waals surface area contributed by atoms with Crippen LogP contribution in [-0.4, -0.2) is 19.0 Å². The second-order valence-corrected chi connectivity index (χ2v) is 2.71. The first-order valence-corrected chi connectivity index (χ1v) is 3.82. The van der Waals surface area contributed by atoms with Crippen molar-refractivity contribution < 1.29 is 4.79 Å². The molecular formula is C7H14N2O. The average molecular weight is 142 g/mol. The van der Waals surface area contributed by atoms with Crippen LogP contribution in [0.1, 0.15) is 19.3 Å². The van der Waals surface area contributed by atoms with Gasteiger partial charge in [0.2, 0.25) is 5.91 Å². The molecular weight excluding hydrogens is 128 g/mol. The number of hydrogen-bond acceptors (Lipinski definition) is 2. The SMILES string of the molecule is NCCCNC(=O)C1CC1. The molecule has 58 valence electrons. The molecule has 0 spiro atoms. The number of rotatable bonds is 4. The lowest BCUT2D eigenvalue weighted by molar-refractivity contribution is -0.122. The van der Waals surface area contributed by atoms with Crippen LogP contribution in [0.15, 0.2) is 0 Å². The summed E-state index contributed by atoms with van der Waals surface area (Å²) in [7, 11) is 0. The van der Waals surface area contributed by atoms with E-state index in [0.29, 0.717) is 12.5 Å². The van der Waals surface area contributed by atoms with E-state index < -0.39 is 0 Å². The van der Waals surface area contributed by atoms with Crippen LogP contribution in [0.3, 0.4) is 0 Å². The number of hydrogen-bond donors (Lipinski definition) is 2. The molecule has 0 aromatic heterocycles. The molecule has 1 aliphatic carbocycles. The number of nitrogens with two attached hydrogens (primary N) is 1. The lowest BCUT2D eigenvalue weighted by Crippen LogP contribution is -2.27. The lowest BCUT2D eigenvalue weighted by atomic mass is 10.3. The Morgan fingerprint density at radius 3 is 2.80 bits per heavy atom. The Labute approximate surface area is 61.0 Å². The third kappa shape index (κ3) is 2.35. The highest BCUT2D eigenvalue weighted by Crippen LogP contribution is 2.28. The van der Waals surface area contributed by atoms with E-state index in [0.717, 1.165) is 25.8 Å². The summed E-state index contributed by atoms with van der Waals surface area (Å²) in [6.07, 6.45) is 3.04. The van der Waals surface area contributed by atoms with E-state index in [-0.39, 0.29) is 5.91 Å². The van der Waals surface area contributed by atoms with Crippen LogP contribution < -0.4 is 11.1 Å². The van der Waals surface area contributed by atoms with Crippen molar-refractivity contribution in [3.05, 3.63) is 0 Å². The Bertz CT molecular complexity index is 121. The predicted molar refractivity (Wildman–Crippen MR) is 39.4 cm³/mol. The highest BCUT2D eigenvalue weighted by atomic mass is 16.2. The fraction of sp³-hybridized carbons (Fsp3) is 0.857. The smallest absolute Gasteiger partial charge is 0.223 e. The molecule has 3 N–H and O–H groups in total. The first kappa shape index (κ1) is 7.54. The molecule has 0 aromatic rings. The molecule has 0 radical (unpaired) electrons. The van der Waals surface area contributed by atoms with E-state index in [1.165, 1.54) is 0 Å². The highest BCUT2D eigenvalue weighted by molar-refractivity contribution is 5.80. The zero-order valence-electron chi connectivity index (χ0n) is 6.10. The van der Waals surface area contributed by atoms with Crippen molar-refractivity contribution in [2.75, 3.05) is 13.1 Å². The summed E-state index contributed by atoms with van der Waals surface area (Å²) in [6.45, 7) is 1.40. The molecule has 3 heteroatoms. The van der Waals surface area contributed by atoms with Crippen molar-refractivity contribution >= 4 is 5.91 Å². The quantitative estimate of drug-likeness (QED) is 0.537. The largest absolute Gasteiger partial charge is 0.356 e. The monoisotopic (exact) mass is 142 g/mol. The molecule has 0 heterocycles. The van der Waals surface area contributed by atoms with Crippen molar-refractivity contribution in [1.82, 2.24) is 5.32 Å². The fourth-order valence-electron chi connectivity index (χ4n) is 0.804. The number of nitrogens with one attached hydrogen (secondary N) is 1. The Hall–Kier alpha value is -0.570. The Morgan fingerprint density at radius 2 is 2.30 bits per heavy atom. The van der Waals surface area contributed by atoms with Crippen LogP contribution in [0.2, 0.25) is 0 Å². The van der Waals surface area contributed by atoms with Crippen LogP contribution in [-0.2, 0) is 4.79 Å². The summed E-state index contributed by atoms with van der Waals surface area (Å²) in [5, 5.41) is 2.83. The van der Waals surface area contributed by atoms with Crippen LogP contribution in [0.5, 0.6) is 0 Å². The summed E-state index contributed by atoms with van der Waals surface area (Å²) < 4.78 is 0. The van der Waals surface area contributed by atoms with Gasteiger partial charge >= 0.3 is 0 Å². The molecule has 0 unspecified atom stereocenters. The molecule has 0 saturated heterocycles. The van der Waals surface area contributed by atoms with Gasteiger partial charge in [0, 0.05) is 12.5 Å². The van der Waals surface area contributed by atoms with Crippen molar-refractivity contribution in [1.29, 1.82) is 0 Å². The minimum absolute atomic E-state index is 0.216. The summed E-state index contributed by atoms with van der Waals surface area (Å²) in [5.41, 5.74) is 5.26. The average Bonchev–Trinajstić information content (AvgIpc) is 2.69. The van der Waals surface area contributed by atoms with Gasteiger partial charge < -0.3 is 11.1 Å². The number of carbonyl (C=O) groups is 1. The van der Waals surface area contributed by atoms with E-state index in [1.54, 1.807) is 0 Å². The van der Waals surface area contributed by atoms with Gasteiger partial charge in [0.15, 0.2) is 0 Å². The first-order valence-electron chi connectivity index (χ1n) is 3.82. The highest BCUT2D eigenvalue weighted by Gasteiger charge is 2.28. The third-order valence-electron chi connectivity index (χ3n) is 1.63. The standard InChI is InChI=1S/C7H14N2O/c8-4-1-5-9-7(10)6-2-3-6/h6H,1-5,8H2,(H,9,10). The maximum Gasteiger partial charge on any atom is 0.223 e. The topological polar surface area (TPSA) is 55.1 Å². The Morgan fingerprint density at radius 1 is 1.60 bits per heavy atom. The Kier molecular flexibility index (Phi) is 2.68. The van der Waals surface area contributed by atoms with Crippen molar-refractivity contribution in [3.63, 3.8) is 0 Å². The van der Waals surface area contributed by atoms with Crippen molar-refractivity contribution in [2.24, 2.45) is 11.7 Å². The van der Waals surface area contributed by atoms with Gasteiger partial charge in [-0.05, 0) is 25.8 Å². The van der Waals surface area contributed by atoms with Crippen molar-refractivity contribution in [3.8, 4) is 0 Å². The van der Waals surface area contributed by atoms with Crippen LogP contribution in [0.4, 0.5) is 0 Å². The van der Waals surface area contributed by atoms with Gasteiger partial charge in [0.1, 0.15) is 0 Å². The predicted octanol–water partition coefficient (Wildman–Crippen LogP) is -0.139. The van der Waals surface area contributed by atoms with Crippen LogP contribution >= 0.6 is 0 Å². The zero-order valence-corrected chi connectivity index (χ0v) is 6.10. The second-order valence-electron chi connectivity index (χ2n) is 2.71. The van der Waals surface area contributed by atoms with Crippen LogP contribution in [0, 0.1) is 5.92 Å². The zero-order chi connectivity index (χ0) is 7.40. The number of carbonyl (C=O) groups excluding carboxylic acids is 1. The minimum atomic E-state index is 0.216. The molecule has 1 rings (SSSR count). The van der Waals surface area contributed by atoms with Gasteiger partial charge in [-0.2, -0.15) is 0 Å². The molecule has 1 amide bonds. The van der Waals surface area contributed by atoms with E-state index >= 15 is 0 Å². The molecule has 0 aliphatic heterocycles. The van der Waals surface area contributed by atoms with Crippen LogP contribution in [0.25, 0.3) is 0 Å².